The average Bonchev–Trinajstić information content (AvgIpc) is 2.30. The second-order valence-corrected chi connectivity index (χ2v) is 5.30. The van der Waals surface area contributed by atoms with Crippen LogP contribution in [-0.2, 0) is 6.42 Å². The highest BCUT2D eigenvalue weighted by Gasteiger charge is 2.20. The molecule has 0 saturated heterocycles. The van der Waals surface area contributed by atoms with E-state index in [1.54, 1.807) is 0 Å². The predicted molar refractivity (Wildman–Crippen MR) is 70.3 cm³/mol. The minimum absolute atomic E-state index is 0.870. The zero-order valence-corrected chi connectivity index (χ0v) is 10.3. The van der Waals surface area contributed by atoms with Crippen molar-refractivity contribution in [2.24, 2.45) is 11.8 Å². The molecule has 1 aromatic carbocycles. The summed E-state index contributed by atoms with van der Waals surface area (Å²) in [5.41, 5.74) is 7.99. The maximum absolute atomic E-state index is 5.69. The Bertz CT molecular complexity index is 315. The Balaban J connectivity index is 1.84. The standard InChI is InChI=1S/C15H23N/c1-12-4-2-3-5-14(12)9-6-13-7-10-15(16)11-8-13/h7-8,10-12,14H,2-6,9,16H2,1H3. The van der Waals surface area contributed by atoms with E-state index in [2.05, 4.69) is 19.1 Å². The van der Waals surface area contributed by atoms with Crippen molar-refractivity contribution in [2.45, 2.75) is 45.4 Å². The molecule has 0 radical (unpaired) electrons. The fourth-order valence-corrected chi connectivity index (χ4v) is 2.86. The van der Waals surface area contributed by atoms with E-state index < -0.39 is 0 Å². The first-order chi connectivity index (χ1) is 7.75. The average molecular weight is 217 g/mol. The van der Waals surface area contributed by atoms with Crippen molar-refractivity contribution in [2.75, 3.05) is 5.73 Å². The first-order valence-electron chi connectivity index (χ1n) is 6.60. The minimum atomic E-state index is 0.870. The molecule has 0 heterocycles. The van der Waals surface area contributed by atoms with Gasteiger partial charge in [0.25, 0.3) is 0 Å². The van der Waals surface area contributed by atoms with Crippen molar-refractivity contribution in [1.82, 2.24) is 0 Å². The molecule has 1 aliphatic carbocycles. The SMILES string of the molecule is CC1CCCCC1CCc1ccc(N)cc1. The smallest absolute Gasteiger partial charge is 0.0314 e. The van der Waals surface area contributed by atoms with Crippen LogP contribution in [0.15, 0.2) is 24.3 Å². The summed E-state index contributed by atoms with van der Waals surface area (Å²) in [7, 11) is 0. The topological polar surface area (TPSA) is 26.0 Å². The molecule has 1 heteroatoms. The Labute approximate surface area is 99.0 Å². The van der Waals surface area contributed by atoms with Gasteiger partial charge in [0.2, 0.25) is 0 Å². The lowest BCUT2D eigenvalue weighted by atomic mass is 9.77. The Hall–Kier alpha value is -0.980. The van der Waals surface area contributed by atoms with Gasteiger partial charge < -0.3 is 5.73 Å². The molecule has 1 aliphatic rings. The van der Waals surface area contributed by atoms with Gasteiger partial charge >= 0.3 is 0 Å². The van der Waals surface area contributed by atoms with E-state index in [-0.39, 0.29) is 0 Å². The van der Waals surface area contributed by atoms with Crippen LogP contribution >= 0.6 is 0 Å². The van der Waals surface area contributed by atoms with E-state index in [9.17, 15) is 0 Å². The molecule has 0 aliphatic heterocycles. The van der Waals surface area contributed by atoms with Gasteiger partial charge in [0, 0.05) is 5.69 Å². The van der Waals surface area contributed by atoms with Gasteiger partial charge in [0.05, 0.1) is 0 Å². The summed E-state index contributed by atoms with van der Waals surface area (Å²) >= 11 is 0. The summed E-state index contributed by atoms with van der Waals surface area (Å²) in [5.74, 6) is 1.88. The second-order valence-electron chi connectivity index (χ2n) is 5.30. The van der Waals surface area contributed by atoms with Gasteiger partial charge in [-0.3, -0.25) is 0 Å². The summed E-state index contributed by atoms with van der Waals surface area (Å²) in [5, 5.41) is 0. The molecule has 2 unspecified atom stereocenters. The molecule has 16 heavy (non-hydrogen) atoms. The largest absolute Gasteiger partial charge is 0.399 e. The molecular weight excluding hydrogens is 194 g/mol. The summed E-state index contributed by atoms with van der Waals surface area (Å²) < 4.78 is 0. The van der Waals surface area contributed by atoms with Gasteiger partial charge in [-0.25, -0.2) is 0 Å². The number of rotatable bonds is 3. The number of aryl methyl sites for hydroxylation is 1. The first kappa shape index (κ1) is 11.5. The first-order valence-corrected chi connectivity index (χ1v) is 6.60. The molecule has 1 saturated carbocycles. The van der Waals surface area contributed by atoms with Crippen LogP contribution in [0.25, 0.3) is 0 Å². The number of anilines is 1. The third-order valence-corrected chi connectivity index (χ3v) is 4.07. The van der Waals surface area contributed by atoms with Crippen LogP contribution < -0.4 is 5.73 Å². The zero-order chi connectivity index (χ0) is 11.4. The van der Waals surface area contributed by atoms with Crippen molar-refractivity contribution >= 4 is 5.69 Å². The van der Waals surface area contributed by atoms with Crippen LogP contribution in [0.2, 0.25) is 0 Å². The van der Waals surface area contributed by atoms with Gasteiger partial charge in [-0.1, -0.05) is 44.7 Å². The number of hydrogen-bond acceptors (Lipinski definition) is 1. The Morgan fingerprint density at radius 3 is 2.50 bits per heavy atom. The van der Waals surface area contributed by atoms with E-state index in [1.807, 2.05) is 12.1 Å². The van der Waals surface area contributed by atoms with E-state index in [4.69, 9.17) is 5.73 Å². The fraction of sp³-hybridized carbons (Fsp3) is 0.600. The summed E-state index contributed by atoms with van der Waals surface area (Å²) in [6, 6.07) is 8.37. The zero-order valence-electron chi connectivity index (χ0n) is 10.3. The predicted octanol–water partition coefficient (Wildman–Crippen LogP) is 4.03. The molecule has 2 N–H and O–H groups in total. The van der Waals surface area contributed by atoms with E-state index >= 15 is 0 Å². The van der Waals surface area contributed by atoms with Crippen molar-refractivity contribution in [3.8, 4) is 0 Å². The molecular formula is C15H23N. The maximum Gasteiger partial charge on any atom is 0.0314 e. The van der Waals surface area contributed by atoms with E-state index in [0.29, 0.717) is 0 Å². The van der Waals surface area contributed by atoms with Crippen molar-refractivity contribution in [3.05, 3.63) is 29.8 Å². The lowest BCUT2D eigenvalue weighted by Gasteiger charge is -2.28. The van der Waals surface area contributed by atoms with Crippen LogP contribution in [0.4, 0.5) is 5.69 Å². The molecule has 88 valence electrons. The minimum Gasteiger partial charge on any atom is -0.399 e. The normalized spacial score (nSPS) is 25.6. The van der Waals surface area contributed by atoms with Crippen LogP contribution in [0.1, 0.15) is 44.6 Å². The van der Waals surface area contributed by atoms with Crippen LogP contribution in [0.3, 0.4) is 0 Å². The second kappa shape index (κ2) is 5.38. The van der Waals surface area contributed by atoms with Crippen molar-refractivity contribution in [3.63, 3.8) is 0 Å². The highest BCUT2D eigenvalue weighted by atomic mass is 14.5. The van der Waals surface area contributed by atoms with Crippen LogP contribution in [0.5, 0.6) is 0 Å². The molecule has 0 spiro atoms. The van der Waals surface area contributed by atoms with Crippen molar-refractivity contribution < 1.29 is 0 Å². The molecule has 2 rings (SSSR count). The van der Waals surface area contributed by atoms with Gasteiger partial charge in [0.15, 0.2) is 0 Å². The van der Waals surface area contributed by atoms with Gasteiger partial charge in [-0.05, 0) is 42.4 Å². The monoisotopic (exact) mass is 217 g/mol. The molecule has 1 nitrogen and oxygen atoms in total. The summed E-state index contributed by atoms with van der Waals surface area (Å²) in [6.07, 6.45) is 8.33. The molecule has 0 bridgehead atoms. The van der Waals surface area contributed by atoms with Crippen LogP contribution in [0, 0.1) is 11.8 Å². The third-order valence-electron chi connectivity index (χ3n) is 4.07. The van der Waals surface area contributed by atoms with Crippen LogP contribution in [-0.4, -0.2) is 0 Å². The number of benzene rings is 1. The Morgan fingerprint density at radius 1 is 1.12 bits per heavy atom. The molecule has 1 aromatic rings. The van der Waals surface area contributed by atoms with E-state index in [1.165, 1.54) is 44.1 Å². The van der Waals surface area contributed by atoms with Crippen molar-refractivity contribution in [1.29, 1.82) is 0 Å². The molecule has 0 amide bonds. The Morgan fingerprint density at radius 2 is 1.81 bits per heavy atom. The molecule has 1 fully saturated rings. The number of nitrogen functional groups attached to an aromatic ring is 1. The quantitative estimate of drug-likeness (QED) is 0.760. The van der Waals surface area contributed by atoms with Gasteiger partial charge in [0.1, 0.15) is 0 Å². The number of hydrogen-bond donors (Lipinski definition) is 1. The summed E-state index contributed by atoms with van der Waals surface area (Å²) in [4.78, 5) is 0. The van der Waals surface area contributed by atoms with Gasteiger partial charge in [-0.2, -0.15) is 0 Å². The van der Waals surface area contributed by atoms with Gasteiger partial charge in [-0.15, -0.1) is 0 Å². The summed E-state index contributed by atoms with van der Waals surface area (Å²) in [6.45, 7) is 2.42. The lowest BCUT2D eigenvalue weighted by molar-refractivity contribution is 0.242. The van der Waals surface area contributed by atoms with E-state index in [0.717, 1.165) is 17.5 Å². The number of nitrogens with two attached hydrogens (primary N) is 1. The molecule has 0 aromatic heterocycles. The third kappa shape index (κ3) is 3.01. The highest BCUT2D eigenvalue weighted by Crippen LogP contribution is 2.32. The Kier molecular flexibility index (Phi) is 3.87. The lowest BCUT2D eigenvalue weighted by Crippen LogP contribution is -2.17. The highest BCUT2D eigenvalue weighted by molar-refractivity contribution is 5.39. The molecule has 2 atom stereocenters. The maximum atomic E-state index is 5.69. The fourth-order valence-electron chi connectivity index (χ4n) is 2.86.